The van der Waals surface area contributed by atoms with E-state index in [1.165, 1.54) is 16.7 Å². The summed E-state index contributed by atoms with van der Waals surface area (Å²) in [7, 11) is 1.64. The number of aromatic nitrogens is 2. The van der Waals surface area contributed by atoms with Crippen LogP contribution in [0.5, 0.6) is 0 Å². The average Bonchev–Trinajstić information content (AvgIpc) is 3.17. The Labute approximate surface area is 166 Å². The van der Waals surface area contributed by atoms with Crippen LogP contribution in [0.25, 0.3) is 16.8 Å². The number of hydrogen-bond donors (Lipinski definition) is 1. The third kappa shape index (κ3) is 4.49. The monoisotopic (exact) mass is 377 g/mol. The van der Waals surface area contributed by atoms with Crippen molar-refractivity contribution in [2.45, 2.75) is 33.2 Å². The first kappa shape index (κ1) is 19.8. The van der Waals surface area contributed by atoms with Gasteiger partial charge >= 0.3 is 0 Å². The average molecular weight is 377 g/mol. The molecule has 1 N–H and O–H groups in total. The summed E-state index contributed by atoms with van der Waals surface area (Å²) in [5.41, 5.74) is 6.23. The molecule has 0 aliphatic carbocycles. The molecule has 0 saturated carbocycles. The highest BCUT2D eigenvalue weighted by Crippen LogP contribution is 2.24. The molecule has 5 nitrogen and oxygen atoms in total. The van der Waals surface area contributed by atoms with Crippen molar-refractivity contribution >= 4 is 5.91 Å². The summed E-state index contributed by atoms with van der Waals surface area (Å²) in [6.45, 7) is 6.72. The molecule has 0 radical (unpaired) electrons. The van der Waals surface area contributed by atoms with Crippen molar-refractivity contribution in [3.05, 3.63) is 71.8 Å². The third-order valence-electron chi connectivity index (χ3n) is 4.77. The second kappa shape index (κ2) is 8.85. The predicted molar refractivity (Wildman–Crippen MR) is 112 cm³/mol. The summed E-state index contributed by atoms with van der Waals surface area (Å²) in [5, 5.41) is 3.01. The van der Waals surface area contributed by atoms with E-state index in [-0.39, 0.29) is 11.9 Å². The Morgan fingerprint density at radius 3 is 2.39 bits per heavy atom. The fourth-order valence-corrected chi connectivity index (χ4v) is 3.35. The molecule has 1 atom stereocenters. The zero-order valence-corrected chi connectivity index (χ0v) is 16.9. The Bertz CT molecular complexity index is 924. The van der Waals surface area contributed by atoms with E-state index >= 15 is 0 Å². The Kier molecular flexibility index (Phi) is 6.26. The minimum absolute atomic E-state index is 0.0206. The molecule has 0 aliphatic rings. The Morgan fingerprint density at radius 1 is 1.11 bits per heavy atom. The van der Waals surface area contributed by atoms with Crippen LogP contribution in [-0.4, -0.2) is 35.2 Å². The molecule has 0 unspecified atom stereocenters. The van der Waals surface area contributed by atoms with E-state index in [1.54, 1.807) is 24.2 Å². The second-order valence-electron chi connectivity index (χ2n) is 7.11. The lowest BCUT2D eigenvalue weighted by Gasteiger charge is -2.16. The van der Waals surface area contributed by atoms with Crippen LogP contribution in [0.15, 0.2) is 55.0 Å². The number of carbonyl (C=O) groups excluding carboxylic acids is 1. The zero-order valence-electron chi connectivity index (χ0n) is 16.9. The van der Waals surface area contributed by atoms with Gasteiger partial charge in [-0.25, -0.2) is 4.98 Å². The predicted octanol–water partition coefficient (Wildman–Crippen LogP) is 4.31. The van der Waals surface area contributed by atoms with Crippen molar-refractivity contribution in [2.24, 2.45) is 0 Å². The maximum absolute atomic E-state index is 12.7. The highest BCUT2D eigenvalue weighted by atomic mass is 16.5. The molecule has 3 rings (SSSR count). The number of methoxy groups -OCH3 is 1. The number of aryl methyl sites for hydroxylation is 2. The molecule has 146 valence electrons. The van der Waals surface area contributed by atoms with E-state index in [0.717, 1.165) is 17.7 Å². The maximum Gasteiger partial charge on any atom is 0.270 e. The topological polar surface area (TPSA) is 56.1 Å². The molecule has 5 heteroatoms. The lowest BCUT2D eigenvalue weighted by atomic mass is 10.0. The van der Waals surface area contributed by atoms with E-state index in [2.05, 4.69) is 54.5 Å². The van der Waals surface area contributed by atoms with Crippen LogP contribution < -0.4 is 5.32 Å². The normalized spacial score (nSPS) is 12.0. The summed E-state index contributed by atoms with van der Waals surface area (Å²) >= 11 is 0. The van der Waals surface area contributed by atoms with Crippen molar-refractivity contribution < 1.29 is 9.53 Å². The number of carbonyl (C=O) groups is 1. The number of rotatable bonds is 7. The van der Waals surface area contributed by atoms with Crippen molar-refractivity contribution in [3.8, 4) is 16.8 Å². The van der Waals surface area contributed by atoms with Gasteiger partial charge in [0.05, 0.1) is 25.2 Å². The smallest absolute Gasteiger partial charge is 0.270 e. The summed E-state index contributed by atoms with van der Waals surface area (Å²) in [4.78, 5) is 16.9. The van der Waals surface area contributed by atoms with Crippen LogP contribution in [0, 0.1) is 13.8 Å². The largest absolute Gasteiger partial charge is 0.383 e. The summed E-state index contributed by atoms with van der Waals surface area (Å²) in [6.07, 6.45) is 4.06. The molecule has 0 spiro atoms. The molecule has 28 heavy (non-hydrogen) atoms. The van der Waals surface area contributed by atoms with E-state index in [1.807, 2.05) is 19.1 Å². The molecule has 0 aliphatic heterocycles. The molecule has 0 saturated heterocycles. The first-order valence-electron chi connectivity index (χ1n) is 9.53. The number of benzene rings is 2. The minimum atomic E-state index is -0.153. The van der Waals surface area contributed by atoms with Crippen LogP contribution in [0.2, 0.25) is 0 Å². The molecule has 2 aromatic carbocycles. The lowest BCUT2D eigenvalue weighted by Crippen LogP contribution is -2.38. The van der Waals surface area contributed by atoms with Gasteiger partial charge < -0.3 is 10.1 Å². The van der Waals surface area contributed by atoms with Crippen molar-refractivity contribution in [3.63, 3.8) is 0 Å². The van der Waals surface area contributed by atoms with Crippen molar-refractivity contribution in [1.29, 1.82) is 0 Å². The number of nitrogens with one attached hydrogen (secondary N) is 1. The molecule has 1 heterocycles. The molecule has 1 aromatic heterocycles. The van der Waals surface area contributed by atoms with Gasteiger partial charge in [0.1, 0.15) is 5.69 Å². The number of ether oxygens (including phenoxy) is 1. The first-order chi connectivity index (χ1) is 13.5. The zero-order chi connectivity index (χ0) is 20.1. The number of hydrogen-bond acceptors (Lipinski definition) is 3. The molecular weight excluding hydrogens is 350 g/mol. The second-order valence-corrected chi connectivity index (χ2v) is 7.11. The summed E-state index contributed by atoms with van der Waals surface area (Å²) in [5.74, 6) is -0.153. The standard InChI is InChI=1S/C23H27N3O2/c1-5-20(14-28-4)25-23(27)22-13-24-15-26(22)21-8-6-18(7-9-21)19-11-16(2)10-17(3)12-19/h6-13,15,20H,5,14H2,1-4H3,(H,25,27)/t20-/m1/s1. The SMILES string of the molecule is CC[C@H](COC)NC(=O)c1cncn1-c1ccc(-c2cc(C)cc(C)c2)cc1. The van der Waals surface area contributed by atoms with E-state index < -0.39 is 0 Å². The Morgan fingerprint density at radius 2 is 1.79 bits per heavy atom. The highest BCUT2D eigenvalue weighted by molar-refractivity contribution is 5.93. The molecule has 0 bridgehead atoms. The quantitative estimate of drug-likeness (QED) is 0.667. The summed E-state index contributed by atoms with van der Waals surface area (Å²) < 4.78 is 6.97. The molecule has 0 fully saturated rings. The number of amides is 1. The first-order valence-corrected chi connectivity index (χ1v) is 9.53. The van der Waals surface area contributed by atoms with E-state index in [0.29, 0.717) is 12.3 Å². The van der Waals surface area contributed by atoms with Gasteiger partial charge in [-0.15, -0.1) is 0 Å². The molecule has 1 amide bonds. The van der Waals surface area contributed by atoms with Gasteiger partial charge in [-0.05, 0) is 43.5 Å². The fraction of sp³-hybridized carbons (Fsp3) is 0.304. The highest BCUT2D eigenvalue weighted by Gasteiger charge is 2.16. The third-order valence-corrected chi connectivity index (χ3v) is 4.77. The Hall–Kier alpha value is -2.92. The molecule has 3 aromatic rings. The van der Waals surface area contributed by atoms with Gasteiger partial charge in [-0.3, -0.25) is 9.36 Å². The van der Waals surface area contributed by atoms with Crippen LogP contribution in [0.3, 0.4) is 0 Å². The van der Waals surface area contributed by atoms with Gasteiger partial charge in [0.25, 0.3) is 5.91 Å². The summed E-state index contributed by atoms with van der Waals surface area (Å²) in [6, 6.07) is 14.7. The van der Waals surface area contributed by atoms with Gasteiger partial charge in [-0.1, -0.05) is 48.4 Å². The van der Waals surface area contributed by atoms with Gasteiger partial charge in [0, 0.05) is 12.8 Å². The van der Waals surface area contributed by atoms with E-state index in [4.69, 9.17) is 4.74 Å². The number of nitrogens with zero attached hydrogens (tertiary/aromatic N) is 2. The fourth-order valence-electron chi connectivity index (χ4n) is 3.35. The van der Waals surface area contributed by atoms with Gasteiger partial charge in [0.2, 0.25) is 0 Å². The lowest BCUT2D eigenvalue weighted by molar-refractivity contribution is 0.0888. The van der Waals surface area contributed by atoms with Crippen LogP contribution in [0.4, 0.5) is 0 Å². The van der Waals surface area contributed by atoms with Crippen LogP contribution in [0.1, 0.15) is 35.0 Å². The van der Waals surface area contributed by atoms with Crippen molar-refractivity contribution in [2.75, 3.05) is 13.7 Å². The van der Waals surface area contributed by atoms with E-state index in [9.17, 15) is 4.79 Å². The number of imidazole rings is 1. The van der Waals surface area contributed by atoms with Gasteiger partial charge in [-0.2, -0.15) is 0 Å². The Balaban J connectivity index is 1.83. The van der Waals surface area contributed by atoms with Crippen LogP contribution >= 0.6 is 0 Å². The molecular formula is C23H27N3O2. The van der Waals surface area contributed by atoms with Crippen molar-refractivity contribution in [1.82, 2.24) is 14.9 Å². The maximum atomic E-state index is 12.7. The minimum Gasteiger partial charge on any atom is -0.383 e. The van der Waals surface area contributed by atoms with Crippen LogP contribution in [-0.2, 0) is 4.74 Å². The van der Waals surface area contributed by atoms with Gasteiger partial charge in [0.15, 0.2) is 0 Å².